The first-order valence-corrected chi connectivity index (χ1v) is 6.52. The highest BCUT2D eigenvalue weighted by Crippen LogP contribution is 2.60. The van der Waals surface area contributed by atoms with E-state index in [2.05, 4.69) is 34.3 Å². The lowest BCUT2D eigenvalue weighted by Crippen LogP contribution is -2.57. The molecule has 0 amide bonds. The number of hydrogen-bond acceptors (Lipinski definition) is 1. The molecule has 1 heteroatoms. The van der Waals surface area contributed by atoms with Gasteiger partial charge in [-0.25, -0.2) is 0 Å². The second-order valence-electron chi connectivity index (χ2n) is 6.69. The van der Waals surface area contributed by atoms with Crippen molar-refractivity contribution in [3.63, 3.8) is 0 Å². The maximum absolute atomic E-state index is 12.4. The molecule has 0 aromatic carbocycles. The van der Waals surface area contributed by atoms with Gasteiger partial charge in [0.15, 0.2) is 0 Å². The summed E-state index contributed by atoms with van der Waals surface area (Å²) in [7, 11) is 0. The second kappa shape index (κ2) is 3.72. The number of carbonyl (C=O) groups excluding carboxylic acids is 1. The van der Waals surface area contributed by atoms with E-state index in [1.54, 1.807) is 0 Å². The molecule has 0 radical (unpaired) electrons. The average molecular weight is 220 g/mol. The molecule has 0 heterocycles. The molecule has 2 bridgehead atoms. The highest BCUT2D eigenvalue weighted by atomic mass is 16.1. The molecule has 0 spiro atoms. The van der Waals surface area contributed by atoms with Crippen LogP contribution in [0, 0.1) is 29.1 Å². The van der Waals surface area contributed by atoms with Crippen LogP contribution in [0.3, 0.4) is 0 Å². The van der Waals surface area contributed by atoms with Crippen LogP contribution in [0.15, 0.2) is 12.2 Å². The van der Waals surface area contributed by atoms with E-state index in [9.17, 15) is 4.79 Å². The van der Waals surface area contributed by atoms with E-state index in [0.717, 1.165) is 25.2 Å². The summed E-state index contributed by atoms with van der Waals surface area (Å²) in [6.07, 6.45) is 3.29. The van der Waals surface area contributed by atoms with E-state index in [-0.39, 0.29) is 5.41 Å². The van der Waals surface area contributed by atoms with Gasteiger partial charge in [-0.1, -0.05) is 26.3 Å². The van der Waals surface area contributed by atoms with E-state index < -0.39 is 0 Å². The van der Waals surface area contributed by atoms with Gasteiger partial charge in [-0.3, -0.25) is 4.79 Å². The minimum Gasteiger partial charge on any atom is -0.299 e. The molecule has 0 N–H and O–H groups in total. The zero-order valence-electron chi connectivity index (χ0n) is 11.0. The number of carbonyl (C=O) groups is 1. The van der Waals surface area contributed by atoms with Gasteiger partial charge in [-0.05, 0) is 43.4 Å². The van der Waals surface area contributed by atoms with Gasteiger partial charge in [-0.15, -0.1) is 6.58 Å². The minimum absolute atomic E-state index is 0.288. The molecule has 3 aliphatic carbocycles. The molecular formula is C15H24O. The number of allylic oxidation sites excluding steroid dienone is 1. The molecule has 0 saturated heterocycles. The molecule has 90 valence electrons. The molecule has 3 fully saturated rings. The highest BCUT2D eigenvalue weighted by Gasteiger charge is 2.58. The monoisotopic (exact) mass is 220 g/mol. The Morgan fingerprint density at radius 2 is 2.12 bits per heavy atom. The number of Topliss-reactive ketones (excluding diaryl/α,β-unsaturated/α-hetero) is 1. The van der Waals surface area contributed by atoms with Crippen molar-refractivity contribution < 1.29 is 4.79 Å². The van der Waals surface area contributed by atoms with E-state index in [1.165, 1.54) is 5.57 Å². The topological polar surface area (TPSA) is 17.1 Å². The summed E-state index contributed by atoms with van der Waals surface area (Å²) >= 11 is 0. The molecule has 4 atom stereocenters. The van der Waals surface area contributed by atoms with Gasteiger partial charge in [0.05, 0.1) is 0 Å². The summed E-state index contributed by atoms with van der Waals surface area (Å²) in [5, 5.41) is 0. The smallest absolute Gasteiger partial charge is 0.139 e. The fraction of sp³-hybridized carbons (Fsp3) is 0.800. The Hall–Kier alpha value is -0.590. The lowest BCUT2D eigenvalue weighted by atomic mass is 9.45. The fourth-order valence-corrected chi connectivity index (χ4v) is 3.78. The van der Waals surface area contributed by atoms with E-state index in [0.29, 0.717) is 23.5 Å². The molecule has 0 aromatic rings. The molecule has 16 heavy (non-hydrogen) atoms. The van der Waals surface area contributed by atoms with Gasteiger partial charge in [-0.2, -0.15) is 0 Å². The third kappa shape index (κ3) is 1.65. The Morgan fingerprint density at radius 3 is 2.56 bits per heavy atom. The van der Waals surface area contributed by atoms with E-state index in [4.69, 9.17) is 0 Å². The molecule has 1 unspecified atom stereocenters. The van der Waals surface area contributed by atoms with Crippen molar-refractivity contribution in [3.05, 3.63) is 12.2 Å². The first-order valence-electron chi connectivity index (χ1n) is 6.52. The standard InChI is InChI=1S/C15H24O/c1-9(2)6-10(3)12-7-11-8-13(14(12)16)15(11,4)5/h10-13H,1,6-8H2,2-5H3/t10-,11+,12?,13+/m1/s1. The quantitative estimate of drug-likeness (QED) is 0.660. The van der Waals surface area contributed by atoms with Crippen LogP contribution in [0.2, 0.25) is 0 Å². The number of fused-ring (bicyclic) bond motifs is 2. The van der Waals surface area contributed by atoms with Crippen molar-refractivity contribution in [1.29, 1.82) is 0 Å². The third-order valence-electron chi connectivity index (χ3n) is 5.08. The summed E-state index contributed by atoms with van der Waals surface area (Å²) in [4.78, 5) is 12.4. The largest absolute Gasteiger partial charge is 0.299 e. The fourth-order valence-electron chi connectivity index (χ4n) is 3.78. The Bertz CT molecular complexity index is 326. The van der Waals surface area contributed by atoms with Crippen LogP contribution < -0.4 is 0 Å². The third-order valence-corrected chi connectivity index (χ3v) is 5.08. The average Bonchev–Trinajstić information content (AvgIpc) is 2.15. The Balaban J connectivity index is 2.06. The van der Waals surface area contributed by atoms with Crippen LogP contribution in [0.25, 0.3) is 0 Å². The zero-order valence-corrected chi connectivity index (χ0v) is 11.0. The predicted molar refractivity (Wildman–Crippen MR) is 67.1 cm³/mol. The van der Waals surface area contributed by atoms with Gasteiger partial charge < -0.3 is 0 Å². The summed E-state index contributed by atoms with van der Waals surface area (Å²) in [6, 6.07) is 0. The molecule has 0 aromatic heterocycles. The Morgan fingerprint density at radius 1 is 1.50 bits per heavy atom. The van der Waals surface area contributed by atoms with Crippen molar-refractivity contribution in [3.8, 4) is 0 Å². The van der Waals surface area contributed by atoms with Crippen LogP contribution in [0.1, 0.15) is 47.0 Å². The van der Waals surface area contributed by atoms with Crippen LogP contribution in [-0.2, 0) is 4.79 Å². The van der Waals surface area contributed by atoms with Crippen molar-refractivity contribution in [1.82, 2.24) is 0 Å². The van der Waals surface area contributed by atoms with Crippen LogP contribution >= 0.6 is 0 Å². The van der Waals surface area contributed by atoms with Crippen LogP contribution in [0.5, 0.6) is 0 Å². The van der Waals surface area contributed by atoms with Crippen molar-refractivity contribution in [2.45, 2.75) is 47.0 Å². The zero-order chi connectivity index (χ0) is 12.1. The first kappa shape index (κ1) is 11.9. The van der Waals surface area contributed by atoms with Gasteiger partial charge in [0.25, 0.3) is 0 Å². The number of hydrogen-bond donors (Lipinski definition) is 0. The summed E-state index contributed by atoms with van der Waals surface area (Å²) in [5.74, 6) is 2.48. The molecular weight excluding hydrogens is 196 g/mol. The van der Waals surface area contributed by atoms with Crippen molar-refractivity contribution >= 4 is 5.78 Å². The second-order valence-corrected chi connectivity index (χ2v) is 6.69. The molecule has 3 saturated carbocycles. The van der Waals surface area contributed by atoms with E-state index >= 15 is 0 Å². The Kier molecular flexibility index (Phi) is 2.76. The maximum Gasteiger partial charge on any atom is 0.139 e. The summed E-state index contributed by atoms with van der Waals surface area (Å²) in [5.41, 5.74) is 1.50. The lowest BCUT2D eigenvalue weighted by Gasteiger charge is -2.58. The van der Waals surface area contributed by atoms with Crippen molar-refractivity contribution in [2.24, 2.45) is 29.1 Å². The van der Waals surface area contributed by atoms with Gasteiger partial charge in [0.1, 0.15) is 5.78 Å². The first-order chi connectivity index (χ1) is 7.34. The maximum atomic E-state index is 12.4. The normalized spacial score (nSPS) is 37.8. The summed E-state index contributed by atoms with van der Waals surface area (Å²) < 4.78 is 0. The molecule has 0 aliphatic heterocycles. The number of ketones is 1. The molecule has 3 aliphatic rings. The highest BCUT2D eigenvalue weighted by molar-refractivity contribution is 5.87. The summed E-state index contributed by atoms with van der Waals surface area (Å²) in [6.45, 7) is 12.8. The van der Waals surface area contributed by atoms with Gasteiger partial charge in [0, 0.05) is 11.8 Å². The van der Waals surface area contributed by atoms with Gasteiger partial charge in [0.2, 0.25) is 0 Å². The molecule has 1 nitrogen and oxygen atoms in total. The SMILES string of the molecule is C=C(C)C[C@@H](C)C1C[C@H]2C[C@@H](C1=O)C2(C)C. The Labute approximate surface area is 99.3 Å². The number of rotatable bonds is 3. The lowest BCUT2D eigenvalue weighted by molar-refractivity contribution is -0.159. The minimum atomic E-state index is 0.288. The van der Waals surface area contributed by atoms with E-state index in [1.807, 2.05) is 0 Å². The van der Waals surface area contributed by atoms with Crippen LogP contribution in [0.4, 0.5) is 0 Å². The van der Waals surface area contributed by atoms with Crippen LogP contribution in [-0.4, -0.2) is 5.78 Å². The predicted octanol–water partition coefficient (Wildman–Crippen LogP) is 3.84. The van der Waals surface area contributed by atoms with Gasteiger partial charge >= 0.3 is 0 Å². The van der Waals surface area contributed by atoms with Crippen molar-refractivity contribution in [2.75, 3.05) is 0 Å². The molecule has 3 rings (SSSR count).